The highest BCUT2D eigenvalue weighted by atomic mass is 16.3. The Kier molecular flexibility index (Phi) is 3.62. The van der Waals surface area contributed by atoms with E-state index in [4.69, 9.17) is 0 Å². The van der Waals surface area contributed by atoms with Crippen molar-refractivity contribution in [2.45, 2.75) is 45.1 Å². The maximum absolute atomic E-state index is 9.51. The number of fused-ring (bicyclic) bond motifs is 1. The first-order valence-electron chi connectivity index (χ1n) is 6.24. The summed E-state index contributed by atoms with van der Waals surface area (Å²) in [6, 6.07) is 0. The summed E-state index contributed by atoms with van der Waals surface area (Å²) in [5, 5.41) is 9.51. The maximum Gasteiger partial charge on any atom is 0.102 e. The Hall–Kier alpha value is -0.570. The largest absolute Gasteiger partial charge is 0.393 e. The predicted molar refractivity (Wildman–Crippen MR) is 62.1 cm³/mol. The Morgan fingerprint density at radius 3 is 3.00 bits per heavy atom. The molecule has 2 atom stereocenters. The van der Waals surface area contributed by atoms with E-state index in [0.717, 1.165) is 13.0 Å². The molecule has 0 spiro atoms. The van der Waals surface area contributed by atoms with Crippen molar-refractivity contribution in [3.63, 3.8) is 0 Å². The SMILES string of the molecule is CC(O)CC1CCCCN2CCCN=C12. The molecule has 2 rings (SSSR count). The first kappa shape index (κ1) is 10.9. The Morgan fingerprint density at radius 1 is 1.40 bits per heavy atom. The Bertz CT molecular complexity index is 238. The van der Waals surface area contributed by atoms with Crippen LogP contribution in [-0.2, 0) is 0 Å². The van der Waals surface area contributed by atoms with E-state index >= 15 is 0 Å². The lowest BCUT2D eigenvalue weighted by Gasteiger charge is -2.32. The second-order valence-electron chi connectivity index (χ2n) is 4.86. The van der Waals surface area contributed by atoms with Gasteiger partial charge in [0.25, 0.3) is 0 Å². The topological polar surface area (TPSA) is 35.8 Å². The number of rotatable bonds is 2. The van der Waals surface area contributed by atoms with Gasteiger partial charge < -0.3 is 10.0 Å². The minimum absolute atomic E-state index is 0.195. The summed E-state index contributed by atoms with van der Waals surface area (Å²) in [6.45, 7) is 5.23. The van der Waals surface area contributed by atoms with Crippen LogP contribution in [0.15, 0.2) is 4.99 Å². The van der Waals surface area contributed by atoms with Crippen LogP contribution in [0.4, 0.5) is 0 Å². The summed E-state index contributed by atoms with van der Waals surface area (Å²) in [4.78, 5) is 7.13. The molecular formula is C12H22N2O. The van der Waals surface area contributed by atoms with Gasteiger partial charge in [-0.15, -0.1) is 0 Å². The molecule has 0 bridgehead atoms. The van der Waals surface area contributed by atoms with Gasteiger partial charge in [-0.3, -0.25) is 4.99 Å². The average Bonchev–Trinajstić information content (AvgIpc) is 2.41. The Labute approximate surface area is 92.2 Å². The molecule has 1 fully saturated rings. The third kappa shape index (κ3) is 2.71. The molecule has 15 heavy (non-hydrogen) atoms. The first-order valence-corrected chi connectivity index (χ1v) is 6.24. The number of hydrogen-bond acceptors (Lipinski definition) is 3. The van der Waals surface area contributed by atoms with Crippen molar-refractivity contribution in [2.24, 2.45) is 10.9 Å². The van der Waals surface area contributed by atoms with Crippen LogP contribution >= 0.6 is 0 Å². The van der Waals surface area contributed by atoms with E-state index in [2.05, 4.69) is 9.89 Å². The highest BCUT2D eigenvalue weighted by Crippen LogP contribution is 2.25. The van der Waals surface area contributed by atoms with Crippen molar-refractivity contribution >= 4 is 5.84 Å². The van der Waals surface area contributed by atoms with Gasteiger partial charge in [-0.25, -0.2) is 0 Å². The van der Waals surface area contributed by atoms with Gasteiger partial charge in [0.2, 0.25) is 0 Å². The fourth-order valence-corrected chi connectivity index (χ4v) is 2.74. The number of aliphatic imine (C=N–C) groups is 1. The van der Waals surface area contributed by atoms with E-state index in [1.165, 1.54) is 44.6 Å². The predicted octanol–water partition coefficient (Wildman–Crippen LogP) is 1.66. The fraction of sp³-hybridized carbons (Fsp3) is 0.917. The van der Waals surface area contributed by atoms with E-state index in [-0.39, 0.29) is 6.10 Å². The molecule has 1 saturated heterocycles. The molecule has 0 saturated carbocycles. The molecule has 0 radical (unpaired) electrons. The number of amidine groups is 1. The second-order valence-corrected chi connectivity index (χ2v) is 4.86. The third-order valence-electron chi connectivity index (χ3n) is 3.41. The summed E-state index contributed by atoms with van der Waals surface area (Å²) >= 11 is 0. The van der Waals surface area contributed by atoms with Gasteiger partial charge in [0, 0.05) is 25.6 Å². The molecule has 1 N–H and O–H groups in total. The van der Waals surface area contributed by atoms with Gasteiger partial charge in [-0.2, -0.15) is 0 Å². The quantitative estimate of drug-likeness (QED) is 0.752. The second kappa shape index (κ2) is 4.97. The fourth-order valence-electron chi connectivity index (χ4n) is 2.74. The van der Waals surface area contributed by atoms with E-state index < -0.39 is 0 Å². The van der Waals surface area contributed by atoms with Gasteiger partial charge in [0.15, 0.2) is 0 Å². The molecular weight excluding hydrogens is 188 g/mol. The molecule has 0 amide bonds. The van der Waals surface area contributed by atoms with Crippen LogP contribution in [0, 0.1) is 5.92 Å². The Balaban J connectivity index is 2.09. The highest BCUT2D eigenvalue weighted by molar-refractivity contribution is 5.85. The van der Waals surface area contributed by atoms with Gasteiger partial charge >= 0.3 is 0 Å². The number of hydrogen-bond donors (Lipinski definition) is 1. The molecule has 2 aliphatic rings. The average molecular weight is 210 g/mol. The zero-order chi connectivity index (χ0) is 10.7. The van der Waals surface area contributed by atoms with Gasteiger partial charge in [-0.1, -0.05) is 6.42 Å². The van der Waals surface area contributed by atoms with Crippen molar-refractivity contribution < 1.29 is 5.11 Å². The zero-order valence-electron chi connectivity index (χ0n) is 9.65. The molecule has 0 aromatic rings. The van der Waals surface area contributed by atoms with Crippen LogP contribution in [-0.4, -0.2) is 41.6 Å². The van der Waals surface area contributed by atoms with Crippen LogP contribution in [0.2, 0.25) is 0 Å². The molecule has 3 heteroatoms. The maximum atomic E-state index is 9.51. The first-order chi connectivity index (χ1) is 7.27. The number of aliphatic hydroxyl groups is 1. The van der Waals surface area contributed by atoms with E-state index in [9.17, 15) is 5.11 Å². The van der Waals surface area contributed by atoms with Crippen LogP contribution in [0.3, 0.4) is 0 Å². The summed E-state index contributed by atoms with van der Waals surface area (Å²) in [5.74, 6) is 1.80. The molecule has 3 nitrogen and oxygen atoms in total. The Morgan fingerprint density at radius 2 is 2.20 bits per heavy atom. The molecule has 0 aromatic heterocycles. The summed E-state index contributed by atoms with van der Waals surface area (Å²) in [6.07, 6.45) is 5.67. The number of aliphatic hydroxyl groups excluding tert-OH is 1. The van der Waals surface area contributed by atoms with Crippen molar-refractivity contribution in [1.29, 1.82) is 0 Å². The van der Waals surface area contributed by atoms with E-state index in [1.54, 1.807) is 0 Å². The van der Waals surface area contributed by atoms with Crippen LogP contribution < -0.4 is 0 Å². The molecule has 0 aromatic carbocycles. The number of nitrogens with zero attached hydrogens (tertiary/aromatic N) is 2. The van der Waals surface area contributed by atoms with E-state index in [1.807, 2.05) is 6.92 Å². The van der Waals surface area contributed by atoms with Crippen LogP contribution in [0.1, 0.15) is 39.0 Å². The lowest BCUT2D eigenvalue weighted by Crippen LogP contribution is -2.40. The molecule has 86 valence electrons. The van der Waals surface area contributed by atoms with Crippen LogP contribution in [0.5, 0.6) is 0 Å². The standard InChI is InChI=1S/C12H22N2O/c1-10(15)9-11-5-2-3-7-14-8-4-6-13-12(11)14/h10-11,15H,2-9H2,1H3. The molecule has 2 unspecified atom stereocenters. The van der Waals surface area contributed by atoms with Crippen molar-refractivity contribution in [1.82, 2.24) is 4.90 Å². The van der Waals surface area contributed by atoms with E-state index in [0.29, 0.717) is 5.92 Å². The molecule has 2 aliphatic heterocycles. The smallest absolute Gasteiger partial charge is 0.102 e. The summed E-state index contributed by atoms with van der Waals surface area (Å²) in [5.41, 5.74) is 0. The van der Waals surface area contributed by atoms with Gasteiger partial charge in [-0.05, 0) is 32.6 Å². The van der Waals surface area contributed by atoms with Gasteiger partial charge in [0.1, 0.15) is 5.84 Å². The van der Waals surface area contributed by atoms with Crippen LogP contribution in [0.25, 0.3) is 0 Å². The monoisotopic (exact) mass is 210 g/mol. The van der Waals surface area contributed by atoms with Crippen molar-refractivity contribution in [3.8, 4) is 0 Å². The lowest BCUT2D eigenvalue weighted by atomic mass is 9.95. The third-order valence-corrected chi connectivity index (χ3v) is 3.41. The summed E-state index contributed by atoms with van der Waals surface area (Å²) in [7, 11) is 0. The molecule has 2 heterocycles. The minimum atomic E-state index is -0.195. The zero-order valence-corrected chi connectivity index (χ0v) is 9.65. The van der Waals surface area contributed by atoms with Crippen molar-refractivity contribution in [2.75, 3.05) is 19.6 Å². The molecule has 0 aliphatic carbocycles. The highest BCUT2D eigenvalue weighted by Gasteiger charge is 2.27. The van der Waals surface area contributed by atoms with Gasteiger partial charge in [0.05, 0.1) is 6.10 Å². The summed E-state index contributed by atoms with van der Waals surface area (Å²) < 4.78 is 0. The van der Waals surface area contributed by atoms with Crippen molar-refractivity contribution in [3.05, 3.63) is 0 Å². The lowest BCUT2D eigenvalue weighted by molar-refractivity contribution is 0.168. The minimum Gasteiger partial charge on any atom is -0.393 e. The normalized spacial score (nSPS) is 29.1.